The quantitative estimate of drug-likeness (QED) is 0.816. The zero-order chi connectivity index (χ0) is 18.6. The number of benzene rings is 1. The van der Waals surface area contributed by atoms with Gasteiger partial charge in [0.05, 0.1) is 6.04 Å². The summed E-state index contributed by atoms with van der Waals surface area (Å²) in [5.41, 5.74) is 7.68. The first-order chi connectivity index (χ1) is 13.2. The number of hydrogen-bond donors (Lipinski definition) is 2. The summed E-state index contributed by atoms with van der Waals surface area (Å²) in [4.78, 5) is 7.71. The topological polar surface area (TPSA) is 33.8 Å². The minimum Gasteiger partial charge on any atom is -0.306 e. The highest BCUT2D eigenvalue weighted by molar-refractivity contribution is 5.22. The summed E-state index contributed by atoms with van der Waals surface area (Å²) in [6.45, 7) is 10.5. The van der Waals surface area contributed by atoms with E-state index in [4.69, 9.17) is 0 Å². The SMILES string of the molecule is CN1CCC(CN2CCN(CC3CNNC3c3cccc(F)c3)CC2)CC1. The fourth-order valence-corrected chi connectivity index (χ4v) is 4.86. The molecule has 2 unspecified atom stereocenters. The van der Waals surface area contributed by atoms with Crippen molar-refractivity contribution in [3.63, 3.8) is 0 Å². The van der Waals surface area contributed by atoms with Crippen LogP contribution in [-0.4, -0.2) is 80.7 Å². The number of rotatable bonds is 5. The zero-order valence-electron chi connectivity index (χ0n) is 16.5. The predicted molar refractivity (Wildman–Crippen MR) is 107 cm³/mol. The number of piperidine rings is 1. The van der Waals surface area contributed by atoms with Gasteiger partial charge < -0.3 is 14.7 Å². The molecule has 0 aromatic heterocycles. The molecule has 1 aromatic rings. The monoisotopic (exact) mass is 375 g/mol. The lowest BCUT2D eigenvalue weighted by molar-refractivity contribution is 0.0906. The van der Waals surface area contributed by atoms with Crippen molar-refractivity contribution in [1.82, 2.24) is 25.6 Å². The molecule has 0 radical (unpaired) electrons. The zero-order valence-corrected chi connectivity index (χ0v) is 16.5. The Kier molecular flexibility index (Phi) is 6.40. The highest BCUT2D eigenvalue weighted by Crippen LogP contribution is 2.26. The lowest BCUT2D eigenvalue weighted by Gasteiger charge is -2.39. The van der Waals surface area contributed by atoms with Gasteiger partial charge in [0.15, 0.2) is 0 Å². The van der Waals surface area contributed by atoms with E-state index >= 15 is 0 Å². The van der Waals surface area contributed by atoms with E-state index in [0.717, 1.165) is 37.7 Å². The van der Waals surface area contributed by atoms with Gasteiger partial charge in [-0.25, -0.2) is 9.82 Å². The Balaban J connectivity index is 1.24. The Labute approximate surface area is 162 Å². The molecule has 0 spiro atoms. The summed E-state index contributed by atoms with van der Waals surface area (Å²) in [5, 5.41) is 0. The number of likely N-dealkylation sites (tertiary alicyclic amines) is 1. The van der Waals surface area contributed by atoms with Crippen LogP contribution in [0, 0.1) is 17.7 Å². The fraction of sp³-hybridized carbons (Fsp3) is 0.714. The maximum Gasteiger partial charge on any atom is 0.123 e. The fourth-order valence-electron chi connectivity index (χ4n) is 4.86. The van der Waals surface area contributed by atoms with E-state index in [-0.39, 0.29) is 11.9 Å². The van der Waals surface area contributed by atoms with Crippen LogP contribution in [0.3, 0.4) is 0 Å². The van der Waals surface area contributed by atoms with Gasteiger partial charge in [0.2, 0.25) is 0 Å². The van der Waals surface area contributed by atoms with Crippen LogP contribution in [-0.2, 0) is 0 Å². The highest BCUT2D eigenvalue weighted by Gasteiger charge is 2.31. The molecular formula is C21H34FN5. The maximum atomic E-state index is 13.6. The van der Waals surface area contributed by atoms with E-state index in [0.29, 0.717) is 5.92 Å². The largest absolute Gasteiger partial charge is 0.306 e. The minimum atomic E-state index is -0.150. The second-order valence-corrected chi connectivity index (χ2v) is 8.67. The van der Waals surface area contributed by atoms with Crippen molar-refractivity contribution < 1.29 is 4.39 Å². The smallest absolute Gasteiger partial charge is 0.123 e. The third kappa shape index (κ3) is 5.06. The number of piperazine rings is 1. The molecule has 3 heterocycles. The summed E-state index contributed by atoms with van der Waals surface area (Å²) in [6.07, 6.45) is 2.71. The van der Waals surface area contributed by atoms with E-state index in [9.17, 15) is 4.39 Å². The standard InChI is InChI=1S/C21H34FN5/c1-25-7-5-17(6-8-25)15-26-9-11-27(12-10-26)16-19-14-23-24-21(19)18-3-2-4-20(22)13-18/h2-4,13,17,19,21,23-24H,5-12,14-16H2,1H3. The molecular weight excluding hydrogens is 341 g/mol. The van der Waals surface area contributed by atoms with Crippen molar-refractivity contribution in [2.75, 3.05) is 66.0 Å². The first-order valence-electron chi connectivity index (χ1n) is 10.5. The summed E-state index contributed by atoms with van der Waals surface area (Å²) in [5.74, 6) is 1.21. The van der Waals surface area contributed by atoms with Crippen molar-refractivity contribution in [2.45, 2.75) is 18.9 Å². The lowest BCUT2D eigenvalue weighted by Crippen LogP contribution is -2.50. The molecule has 0 aliphatic carbocycles. The number of halogens is 1. The van der Waals surface area contributed by atoms with Gasteiger partial charge in [0, 0.05) is 51.7 Å². The summed E-state index contributed by atoms with van der Waals surface area (Å²) in [6, 6.07) is 7.21. The molecule has 3 saturated heterocycles. The van der Waals surface area contributed by atoms with Crippen LogP contribution in [0.2, 0.25) is 0 Å². The van der Waals surface area contributed by atoms with E-state index in [1.54, 1.807) is 6.07 Å². The van der Waals surface area contributed by atoms with Gasteiger partial charge >= 0.3 is 0 Å². The average molecular weight is 376 g/mol. The van der Waals surface area contributed by atoms with Crippen LogP contribution in [0.25, 0.3) is 0 Å². The molecule has 27 heavy (non-hydrogen) atoms. The molecule has 4 rings (SSSR count). The molecule has 0 amide bonds. The molecule has 3 fully saturated rings. The lowest BCUT2D eigenvalue weighted by atomic mass is 9.94. The van der Waals surface area contributed by atoms with Gasteiger partial charge in [-0.1, -0.05) is 12.1 Å². The van der Waals surface area contributed by atoms with Crippen LogP contribution in [0.4, 0.5) is 4.39 Å². The predicted octanol–water partition coefficient (Wildman–Crippen LogP) is 1.55. The third-order valence-corrected chi connectivity index (χ3v) is 6.61. The minimum absolute atomic E-state index is 0.150. The van der Waals surface area contributed by atoms with E-state index in [1.165, 1.54) is 51.6 Å². The highest BCUT2D eigenvalue weighted by atomic mass is 19.1. The van der Waals surface area contributed by atoms with Crippen LogP contribution < -0.4 is 10.9 Å². The van der Waals surface area contributed by atoms with Crippen molar-refractivity contribution in [3.05, 3.63) is 35.6 Å². The number of nitrogens with zero attached hydrogens (tertiary/aromatic N) is 3. The van der Waals surface area contributed by atoms with Crippen LogP contribution in [0.5, 0.6) is 0 Å². The molecule has 0 bridgehead atoms. The van der Waals surface area contributed by atoms with E-state index in [2.05, 4.69) is 32.6 Å². The molecule has 3 aliphatic rings. The molecule has 6 heteroatoms. The number of hydrazine groups is 1. The van der Waals surface area contributed by atoms with Gasteiger partial charge in [-0.3, -0.25) is 5.43 Å². The van der Waals surface area contributed by atoms with E-state index < -0.39 is 0 Å². The van der Waals surface area contributed by atoms with Crippen molar-refractivity contribution in [3.8, 4) is 0 Å². The maximum absolute atomic E-state index is 13.6. The molecule has 5 nitrogen and oxygen atoms in total. The normalized spacial score (nSPS) is 29.4. The van der Waals surface area contributed by atoms with Gasteiger partial charge in [0.1, 0.15) is 5.82 Å². The first kappa shape index (κ1) is 19.3. The summed E-state index contributed by atoms with van der Waals surface area (Å²) in [7, 11) is 2.23. The number of nitrogens with one attached hydrogen (secondary N) is 2. The van der Waals surface area contributed by atoms with Gasteiger partial charge in [-0.05, 0) is 56.6 Å². The second-order valence-electron chi connectivity index (χ2n) is 8.67. The molecule has 1 aromatic carbocycles. The first-order valence-corrected chi connectivity index (χ1v) is 10.5. The average Bonchev–Trinajstić information content (AvgIpc) is 3.13. The Morgan fingerprint density at radius 2 is 1.70 bits per heavy atom. The van der Waals surface area contributed by atoms with Gasteiger partial charge in [0.25, 0.3) is 0 Å². The third-order valence-electron chi connectivity index (χ3n) is 6.61. The van der Waals surface area contributed by atoms with Gasteiger partial charge in [-0.2, -0.15) is 0 Å². The van der Waals surface area contributed by atoms with Gasteiger partial charge in [-0.15, -0.1) is 0 Å². The summed E-state index contributed by atoms with van der Waals surface area (Å²) < 4.78 is 13.6. The molecule has 2 N–H and O–H groups in total. The van der Waals surface area contributed by atoms with Crippen molar-refractivity contribution in [2.24, 2.45) is 11.8 Å². The van der Waals surface area contributed by atoms with E-state index in [1.807, 2.05) is 12.1 Å². The Morgan fingerprint density at radius 1 is 1.00 bits per heavy atom. The molecule has 150 valence electrons. The van der Waals surface area contributed by atoms with Crippen molar-refractivity contribution >= 4 is 0 Å². The Morgan fingerprint density at radius 3 is 2.41 bits per heavy atom. The molecule has 3 aliphatic heterocycles. The van der Waals surface area contributed by atoms with Crippen molar-refractivity contribution in [1.29, 1.82) is 0 Å². The summed E-state index contributed by atoms with van der Waals surface area (Å²) >= 11 is 0. The second kappa shape index (κ2) is 8.97. The molecule has 2 atom stereocenters. The van der Waals surface area contributed by atoms with Crippen LogP contribution in [0.15, 0.2) is 24.3 Å². The Bertz CT molecular complexity index is 596. The van der Waals surface area contributed by atoms with Crippen LogP contribution >= 0.6 is 0 Å². The molecule has 0 saturated carbocycles. The Hall–Kier alpha value is -1.05. The van der Waals surface area contributed by atoms with Crippen LogP contribution in [0.1, 0.15) is 24.4 Å². The number of hydrogen-bond acceptors (Lipinski definition) is 5.